The Morgan fingerprint density at radius 1 is 1.11 bits per heavy atom. The molecule has 2 aromatic carbocycles. The lowest BCUT2D eigenvalue weighted by Gasteiger charge is -2.26. The van der Waals surface area contributed by atoms with Crippen molar-refractivity contribution in [3.63, 3.8) is 0 Å². The number of benzene rings is 2. The number of primary amides is 1. The van der Waals surface area contributed by atoms with Crippen LogP contribution in [0.3, 0.4) is 0 Å². The van der Waals surface area contributed by atoms with E-state index in [1.54, 1.807) is 48.5 Å². The van der Waals surface area contributed by atoms with Gasteiger partial charge < -0.3 is 20.5 Å². The zero-order valence-electron chi connectivity index (χ0n) is 20.1. The van der Waals surface area contributed by atoms with E-state index in [2.05, 4.69) is 10.7 Å². The number of pyridine rings is 1. The maximum absolute atomic E-state index is 13.2. The summed E-state index contributed by atoms with van der Waals surface area (Å²) in [6.07, 6.45) is -4.52. The molecule has 0 aliphatic rings. The van der Waals surface area contributed by atoms with E-state index in [4.69, 9.17) is 4.74 Å². The van der Waals surface area contributed by atoms with Gasteiger partial charge in [-0.25, -0.2) is 0 Å². The molecule has 0 spiro atoms. The maximum Gasteiger partial charge on any atom is 0.433 e. The van der Waals surface area contributed by atoms with Crippen LogP contribution in [-0.2, 0) is 22.2 Å². The number of carbonyl (C=O) groups excluding carboxylic acids is 2. The third-order valence-electron chi connectivity index (χ3n) is 5.06. The molecule has 0 saturated heterocycles. The molecule has 2 amide bonds. The largest absolute Gasteiger partial charge is 0.496 e. The molecule has 0 bridgehead atoms. The molecule has 7 nitrogen and oxygen atoms in total. The summed E-state index contributed by atoms with van der Waals surface area (Å²) in [6, 6.07) is 16.0. The van der Waals surface area contributed by atoms with Crippen LogP contribution >= 0.6 is 0 Å². The monoisotopic (exact) mass is 503 g/mol. The van der Waals surface area contributed by atoms with E-state index in [9.17, 15) is 27.9 Å². The van der Waals surface area contributed by atoms with Crippen LogP contribution in [-0.4, -0.2) is 35.6 Å². The van der Waals surface area contributed by atoms with Crippen molar-refractivity contribution in [3.8, 4) is 5.75 Å². The minimum absolute atomic E-state index is 0.127. The first kappa shape index (κ1) is 28.3. The Kier molecular flexibility index (Phi) is 9.98. The van der Waals surface area contributed by atoms with Crippen LogP contribution < -0.4 is 15.4 Å². The summed E-state index contributed by atoms with van der Waals surface area (Å²) < 4.78 is 43.6. The molecule has 3 aromatic rings. The fourth-order valence-corrected chi connectivity index (χ4v) is 3.25. The highest BCUT2D eigenvalue weighted by Crippen LogP contribution is 2.29. The summed E-state index contributed by atoms with van der Waals surface area (Å²) in [5, 5.41) is 10.7. The first-order valence-electron chi connectivity index (χ1n) is 10.9. The van der Waals surface area contributed by atoms with Crippen LogP contribution in [0.2, 0.25) is 0 Å². The van der Waals surface area contributed by atoms with E-state index in [1.165, 1.54) is 25.0 Å². The number of anilines is 1. The molecule has 36 heavy (non-hydrogen) atoms. The first-order valence-corrected chi connectivity index (χ1v) is 10.9. The Morgan fingerprint density at radius 3 is 2.28 bits per heavy atom. The number of aliphatic hydroxyl groups excluding tert-OH is 1. The van der Waals surface area contributed by atoms with Gasteiger partial charge in [0, 0.05) is 31.4 Å². The summed E-state index contributed by atoms with van der Waals surface area (Å²) in [6.45, 7) is 3.30. The summed E-state index contributed by atoms with van der Waals surface area (Å²) in [5.41, 5.74) is 5.85. The van der Waals surface area contributed by atoms with Crippen molar-refractivity contribution in [2.24, 2.45) is 5.73 Å². The molecule has 0 fully saturated rings. The molecule has 10 heteroatoms. The maximum atomic E-state index is 13.2. The fraction of sp³-hybridized carbons (Fsp3) is 0.269. The number of methoxy groups -OCH3 is 1. The van der Waals surface area contributed by atoms with Crippen molar-refractivity contribution >= 4 is 17.5 Å². The molecule has 1 aromatic heterocycles. The SMILES string of the molecule is CC(N)=O.COc1cc(N(CCc2ccc(C(F)(F)F)nc2)C(=O)[C@@H](O)c2ccccc2)ccc1C. The number of aryl methyl sites for hydroxylation is 1. The quantitative estimate of drug-likeness (QED) is 0.502. The van der Waals surface area contributed by atoms with Gasteiger partial charge in [-0.3, -0.25) is 14.6 Å². The van der Waals surface area contributed by atoms with Crippen molar-refractivity contribution in [2.75, 3.05) is 18.6 Å². The number of amides is 2. The first-order chi connectivity index (χ1) is 16.9. The van der Waals surface area contributed by atoms with Gasteiger partial charge in [0.1, 0.15) is 11.4 Å². The molecule has 1 atom stereocenters. The molecule has 3 rings (SSSR count). The number of hydrogen-bond acceptors (Lipinski definition) is 5. The van der Waals surface area contributed by atoms with Crippen LogP contribution in [0.4, 0.5) is 18.9 Å². The number of carbonyl (C=O) groups is 2. The molecule has 3 N–H and O–H groups in total. The Balaban J connectivity index is 0.00000106. The van der Waals surface area contributed by atoms with Crippen LogP contribution in [0.25, 0.3) is 0 Å². The second-order valence-electron chi connectivity index (χ2n) is 7.87. The number of halogens is 3. The fourth-order valence-electron chi connectivity index (χ4n) is 3.25. The molecule has 0 unspecified atom stereocenters. The number of aliphatic hydroxyl groups is 1. The highest BCUT2D eigenvalue weighted by molar-refractivity contribution is 5.97. The Labute approximate surface area is 207 Å². The molecule has 0 aliphatic carbocycles. The number of rotatable bonds is 7. The normalized spacial score (nSPS) is 11.6. The van der Waals surface area contributed by atoms with Crippen molar-refractivity contribution in [1.29, 1.82) is 0 Å². The number of hydrogen-bond donors (Lipinski definition) is 2. The zero-order chi connectivity index (χ0) is 26.9. The van der Waals surface area contributed by atoms with Crippen molar-refractivity contribution in [1.82, 2.24) is 4.98 Å². The van der Waals surface area contributed by atoms with Gasteiger partial charge in [-0.15, -0.1) is 0 Å². The molecular weight excluding hydrogens is 475 g/mol. The summed E-state index contributed by atoms with van der Waals surface area (Å²) in [7, 11) is 1.52. The number of nitrogens with two attached hydrogens (primary N) is 1. The summed E-state index contributed by atoms with van der Waals surface area (Å²) in [5.74, 6) is -0.312. The Hall–Kier alpha value is -3.92. The second-order valence-corrected chi connectivity index (χ2v) is 7.87. The van der Waals surface area contributed by atoms with E-state index in [0.29, 0.717) is 22.6 Å². The van der Waals surface area contributed by atoms with Crippen LogP contribution in [0.15, 0.2) is 66.9 Å². The lowest BCUT2D eigenvalue weighted by Crippen LogP contribution is -2.37. The molecular formula is C26H28F3N3O4. The topological polar surface area (TPSA) is 106 Å². The van der Waals surface area contributed by atoms with Gasteiger partial charge in [0.15, 0.2) is 6.10 Å². The van der Waals surface area contributed by atoms with Gasteiger partial charge in [0.2, 0.25) is 5.91 Å². The second kappa shape index (κ2) is 12.7. The zero-order valence-corrected chi connectivity index (χ0v) is 20.1. The number of aromatic nitrogens is 1. The van der Waals surface area contributed by atoms with Gasteiger partial charge in [-0.05, 0) is 42.2 Å². The smallest absolute Gasteiger partial charge is 0.433 e. The van der Waals surface area contributed by atoms with E-state index in [1.807, 2.05) is 6.92 Å². The van der Waals surface area contributed by atoms with Gasteiger partial charge in [-0.2, -0.15) is 13.2 Å². The van der Waals surface area contributed by atoms with Gasteiger partial charge in [0.25, 0.3) is 5.91 Å². The standard InChI is InChI=1S/C24H23F3N2O3.C2H5NO/c1-16-8-10-19(14-20(16)32-2)29(23(31)22(30)18-6-4-3-5-7-18)13-12-17-9-11-21(28-15-17)24(25,26)27;1-2(3)4/h3-11,14-15,22,30H,12-13H2,1-2H3;1H3,(H2,3,4)/t22-;/m0./s1. The van der Waals surface area contributed by atoms with E-state index in [-0.39, 0.29) is 18.9 Å². The number of ether oxygens (including phenoxy) is 1. The third kappa shape index (κ3) is 8.09. The van der Waals surface area contributed by atoms with Crippen molar-refractivity contribution in [3.05, 3.63) is 89.2 Å². The predicted molar refractivity (Wildman–Crippen MR) is 129 cm³/mol. The van der Waals surface area contributed by atoms with Gasteiger partial charge in [0.05, 0.1) is 7.11 Å². The average molecular weight is 504 g/mol. The van der Waals surface area contributed by atoms with Gasteiger partial charge >= 0.3 is 6.18 Å². The Morgan fingerprint density at radius 2 is 1.75 bits per heavy atom. The number of nitrogens with zero attached hydrogens (tertiary/aromatic N) is 2. The number of alkyl halides is 3. The third-order valence-corrected chi connectivity index (χ3v) is 5.06. The molecule has 0 radical (unpaired) electrons. The van der Waals surface area contributed by atoms with Crippen LogP contribution in [0, 0.1) is 6.92 Å². The molecule has 0 saturated carbocycles. The van der Waals surface area contributed by atoms with E-state index in [0.717, 1.165) is 17.8 Å². The van der Waals surface area contributed by atoms with E-state index < -0.39 is 23.9 Å². The van der Waals surface area contributed by atoms with Crippen LogP contribution in [0.5, 0.6) is 5.75 Å². The lowest BCUT2D eigenvalue weighted by molar-refractivity contribution is -0.141. The molecule has 0 aliphatic heterocycles. The minimum atomic E-state index is -4.52. The summed E-state index contributed by atoms with van der Waals surface area (Å²) >= 11 is 0. The summed E-state index contributed by atoms with van der Waals surface area (Å²) in [4.78, 5) is 27.3. The van der Waals surface area contributed by atoms with Crippen molar-refractivity contribution in [2.45, 2.75) is 32.5 Å². The Bertz CT molecular complexity index is 1150. The van der Waals surface area contributed by atoms with Gasteiger partial charge in [-0.1, -0.05) is 42.5 Å². The lowest BCUT2D eigenvalue weighted by atomic mass is 10.1. The van der Waals surface area contributed by atoms with Crippen molar-refractivity contribution < 1.29 is 32.6 Å². The molecule has 1 heterocycles. The van der Waals surface area contributed by atoms with Crippen LogP contribution in [0.1, 0.15) is 35.4 Å². The van der Waals surface area contributed by atoms with E-state index >= 15 is 0 Å². The molecule has 192 valence electrons. The highest BCUT2D eigenvalue weighted by atomic mass is 19.4. The average Bonchev–Trinajstić information content (AvgIpc) is 2.84. The highest BCUT2D eigenvalue weighted by Gasteiger charge is 2.32. The predicted octanol–water partition coefficient (Wildman–Crippen LogP) is 4.22. The minimum Gasteiger partial charge on any atom is -0.496 e.